The number of tetrazole rings is 1. The van der Waals surface area contributed by atoms with Crippen LogP contribution in [-0.2, 0) is 26.1 Å². The van der Waals surface area contributed by atoms with Crippen molar-refractivity contribution < 1.29 is 0 Å². The molecule has 0 aliphatic carbocycles. The van der Waals surface area contributed by atoms with Crippen LogP contribution in [0, 0.1) is 13.8 Å². The Labute approximate surface area is 223 Å². The van der Waals surface area contributed by atoms with E-state index in [-0.39, 0.29) is 11.6 Å². The van der Waals surface area contributed by atoms with Gasteiger partial charge in [0.05, 0.1) is 6.04 Å². The SMILES string of the molecule is CC[C@@H](c1nnnn1CCc1ccccc1)N(Cc1ccccc1)Cc1cc2c(C)cc(C)cc2[nH]c1=O. The van der Waals surface area contributed by atoms with Gasteiger partial charge in [0.1, 0.15) is 0 Å². The molecule has 0 aliphatic heterocycles. The lowest BCUT2D eigenvalue weighted by atomic mass is 10.0. The molecule has 1 atom stereocenters. The summed E-state index contributed by atoms with van der Waals surface area (Å²) in [6, 6.07) is 26.9. The molecule has 0 spiro atoms. The lowest BCUT2D eigenvalue weighted by Gasteiger charge is -2.30. The van der Waals surface area contributed by atoms with Gasteiger partial charge in [-0.15, -0.1) is 5.10 Å². The predicted molar refractivity (Wildman–Crippen MR) is 151 cm³/mol. The van der Waals surface area contributed by atoms with Crippen molar-refractivity contribution in [3.63, 3.8) is 0 Å². The minimum absolute atomic E-state index is 0.0564. The number of hydrogen-bond donors (Lipinski definition) is 1. The van der Waals surface area contributed by atoms with Gasteiger partial charge >= 0.3 is 0 Å². The van der Waals surface area contributed by atoms with Crippen LogP contribution < -0.4 is 5.56 Å². The number of benzene rings is 3. The van der Waals surface area contributed by atoms with Gasteiger partial charge in [0, 0.05) is 36.1 Å². The lowest BCUT2D eigenvalue weighted by molar-refractivity contribution is 0.160. The number of aromatic nitrogens is 5. The van der Waals surface area contributed by atoms with E-state index in [0.29, 0.717) is 19.6 Å². The third kappa shape index (κ3) is 5.73. The second-order valence-corrected chi connectivity index (χ2v) is 9.98. The van der Waals surface area contributed by atoms with Gasteiger partial charge in [0.2, 0.25) is 0 Å². The van der Waals surface area contributed by atoms with Crippen LogP contribution in [0.4, 0.5) is 0 Å². The molecule has 5 aromatic rings. The summed E-state index contributed by atoms with van der Waals surface area (Å²) >= 11 is 0. The van der Waals surface area contributed by atoms with Crippen LogP contribution in [0.1, 0.15) is 53.0 Å². The molecule has 0 saturated heterocycles. The standard InChI is InChI=1S/C31H34N6O/c1-4-29(30-33-34-35-37(30)16-15-24-11-7-5-8-12-24)36(20-25-13-9-6-10-14-25)21-26-19-27-23(3)17-22(2)18-28(27)32-31(26)38/h5-14,17-19,29H,4,15-16,20-21H2,1-3H3,(H,32,38)/t29-/m0/s1. The maximum atomic E-state index is 13.2. The van der Waals surface area contributed by atoms with Gasteiger partial charge < -0.3 is 4.98 Å². The number of H-pyrrole nitrogens is 1. The molecule has 2 heterocycles. The van der Waals surface area contributed by atoms with E-state index in [1.807, 2.05) is 48.0 Å². The molecule has 194 valence electrons. The molecule has 38 heavy (non-hydrogen) atoms. The van der Waals surface area contributed by atoms with Gasteiger partial charge in [0.15, 0.2) is 5.82 Å². The van der Waals surface area contributed by atoms with E-state index in [1.165, 1.54) is 11.1 Å². The highest BCUT2D eigenvalue weighted by Crippen LogP contribution is 2.27. The molecule has 7 nitrogen and oxygen atoms in total. The maximum Gasteiger partial charge on any atom is 0.252 e. The summed E-state index contributed by atoms with van der Waals surface area (Å²) in [5, 5.41) is 13.9. The number of fused-ring (bicyclic) bond motifs is 1. The largest absolute Gasteiger partial charge is 0.322 e. The first-order valence-corrected chi connectivity index (χ1v) is 13.2. The highest BCUT2D eigenvalue weighted by Gasteiger charge is 2.26. The summed E-state index contributed by atoms with van der Waals surface area (Å²) in [5.41, 5.74) is 6.28. The molecule has 2 aromatic heterocycles. The molecule has 0 aliphatic rings. The van der Waals surface area contributed by atoms with E-state index in [4.69, 9.17) is 0 Å². The fourth-order valence-corrected chi connectivity index (χ4v) is 5.24. The van der Waals surface area contributed by atoms with E-state index in [2.05, 4.69) is 81.7 Å². The molecule has 1 N–H and O–H groups in total. The predicted octanol–water partition coefficient (Wildman–Crippen LogP) is 5.53. The van der Waals surface area contributed by atoms with Gasteiger partial charge in [-0.25, -0.2) is 4.68 Å². The van der Waals surface area contributed by atoms with Crippen molar-refractivity contribution in [2.75, 3.05) is 0 Å². The Bertz CT molecular complexity index is 1560. The van der Waals surface area contributed by atoms with Crippen LogP contribution in [0.2, 0.25) is 0 Å². The van der Waals surface area contributed by atoms with Gasteiger partial charge in [-0.3, -0.25) is 9.69 Å². The van der Waals surface area contributed by atoms with Crippen molar-refractivity contribution in [2.45, 2.75) is 59.3 Å². The number of pyridine rings is 1. The Kier molecular flexibility index (Phi) is 7.75. The minimum atomic E-state index is -0.0600. The maximum absolute atomic E-state index is 13.2. The number of aryl methyl sites for hydroxylation is 4. The highest BCUT2D eigenvalue weighted by molar-refractivity contribution is 5.83. The monoisotopic (exact) mass is 506 g/mol. The van der Waals surface area contributed by atoms with E-state index in [9.17, 15) is 4.79 Å². The lowest BCUT2D eigenvalue weighted by Crippen LogP contribution is -2.32. The van der Waals surface area contributed by atoms with Crippen molar-refractivity contribution in [1.29, 1.82) is 0 Å². The molecule has 0 fully saturated rings. The summed E-state index contributed by atoms with van der Waals surface area (Å²) in [5.74, 6) is 0.823. The third-order valence-corrected chi connectivity index (χ3v) is 7.13. The molecule has 5 rings (SSSR count). The highest BCUT2D eigenvalue weighted by atomic mass is 16.1. The smallest absolute Gasteiger partial charge is 0.252 e. The van der Waals surface area contributed by atoms with Crippen LogP contribution >= 0.6 is 0 Å². The first-order chi connectivity index (χ1) is 18.5. The number of nitrogens with one attached hydrogen (secondary N) is 1. The molecular weight excluding hydrogens is 472 g/mol. The molecule has 0 unspecified atom stereocenters. The van der Waals surface area contributed by atoms with Crippen LogP contribution in [0.15, 0.2) is 83.7 Å². The summed E-state index contributed by atoms with van der Waals surface area (Å²) in [6.45, 7) is 8.14. The molecule has 0 amide bonds. The van der Waals surface area contributed by atoms with Crippen molar-refractivity contribution in [2.24, 2.45) is 0 Å². The molecular formula is C31H34N6O. The summed E-state index contributed by atoms with van der Waals surface area (Å²) in [4.78, 5) is 18.7. The Balaban J connectivity index is 1.49. The van der Waals surface area contributed by atoms with Crippen LogP contribution in [-0.4, -0.2) is 30.1 Å². The molecule has 7 heteroatoms. The molecule has 0 bridgehead atoms. The minimum Gasteiger partial charge on any atom is -0.322 e. The number of rotatable bonds is 10. The van der Waals surface area contributed by atoms with Crippen molar-refractivity contribution in [3.8, 4) is 0 Å². The number of nitrogens with zero attached hydrogens (tertiary/aromatic N) is 5. The van der Waals surface area contributed by atoms with Gasteiger partial charge in [0.25, 0.3) is 5.56 Å². The number of aromatic amines is 1. The normalized spacial score (nSPS) is 12.3. The Hall–Kier alpha value is -4.10. The van der Waals surface area contributed by atoms with Crippen molar-refractivity contribution >= 4 is 10.9 Å². The van der Waals surface area contributed by atoms with Crippen LogP contribution in [0.5, 0.6) is 0 Å². The van der Waals surface area contributed by atoms with Crippen molar-refractivity contribution in [1.82, 2.24) is 30.1 Å². The fourth-order valence-electron chi connectivity index (χ4n) is 5.24. The zero-order valence-corrected chi connectivity index (χ0v) is 22.3. The topological polar surface area (TPSA) is 79.7 Å². The van der Waals surface area contributed by atoms with E-state index < -0.39 is 0 Å². The van der Waals surface area contributed by atoms with Gasteiger partial charge in [-0.2, -0.15) is 0 Å². The van der Waals surface area contributed by atoms with E-state index in [1.54, 1.807) is 0 Å². The van der Waals surface area contributed by atoms with E-state index in [0.717, 1.165) is 46.3 Å². The zero-order chi connectivity index (χ0) is 26.5. The Morgan fingerprint density at radius 2 is 1.63 bits per heavy atom. The van der Waals surface area contributed by atoms with Crippen molar-refractivity contribution in [3.05, 3.63) is 123 Å². The Morgan fingerprint density at radius 3 is 2.34 bits per heavy atom. The third-order valence-electron chi connectivity index (χ3n) is 7.13. The summed E-state index contributed by atoms with van der Waals surface area (Å²) < 4.78 is 1.91. The summed E-state index contributed by atoms with van der Waals surface area (Å²) in [7, 11) is 0. The average Bonchev–Trinajstić information content (AvgIpc) is 3.38. The Morgan fingerprint density at radius 1 is 0.921 bits per heavy atom. The van der Waals surface area contributed by atoms with Crippen LogP contribution in [0.3, 0.4) is 0 Å². The average molecular weight is 507 g/mol. The quantitative estimate of drug-likeness (QED) is 0.270. The van der Waals surface area contributed by atoms with E-state index >= 15 is 0 Å². The fraction of sp³-hybridized carbons (Fsp3) is 0.290. The molecule has 0 radical (unpaired) electrons. The number of hydrogen-bond acceptors (Lipinski definition) is 5. The molecule has 3 aromatic carbocycles. The second kappa shape index (κ2) is 11.5. The zero-order valence-electron chi connectivity index (χ0n) is 22.3. The first-order valence-electron chi connectivity index (χ1n) is 13.2. The second-order valence-electron chi connectivity index (χ2n) is 9.98. The van der Waals surface area contributed by atoms with Gasteiger partial charge in [-0.1, -0.05) is 73.7 Å². The summed E-state index contributed by atoms with van der Waals surface area (Å²) in [6.07, 6.45) is 1.65. The molecule has 0 saturated carbocycles. The van der Waals surface area contributed by atoms with Gasteiger partial charge in [-0.05, 0) is 71.5 Å². The van der Waals surface area contributed by atoms with Crippen LogP contribution in [0.25, 0.3) is 10.9 Å². The first kappa shape index (κ1) is 25.5.